The van der Waals surface area contributed by atoms with Gasteiger partial charge in [-0.3, -0.25) is 0 Å². The Balaban J connectivity index is 2.70. The third kappa shape index (κ3) is 5.11. The van der Waals surface area contributed by atoms with Crippen LogP contribution in [0.1, 0.15) is 39.3 Å². The Morgan fingerprint density at radius 1 is 1.37 bits per heavy atom. The molecule has 0 aromatic heterocycles. The van der Waals surface area contributed by atoms with E-state index in [2.05, 4.69) is 21.2 Å². The molecule has 0 heterocycles. The van der Waals surface area contributed by atoms with E-state index in [0.29, 0.717) is 0 Å². The SMILES string of the molecule is COc1ccc([C@H](C)NC(=O)OC(C)(C)C)cc1Br. The lowest BCUT2D eigenvalue weighted by Gasteiger charge is -2.22. The second-order valence-electron chi connectivity index (χ2n) is 5.26. The molecular formula is C14H20BrNO3. The Kier molecular flexibility index (Phi) is 5.23. The summed E-state index contributed by atoms with van der Waals surface area (Å²) in [6.07, 6.45) is -0.424. The number of methoxy groups -OCH3 is 1. The van der Waals surface area contributed by atoms with Crippen LogP contribution in [0.25, 0.3) is 0 Å². The van der Waals surface area contributed by atoms with Gasteiger partial charge in [-0.2, -0.15) is 0 Å². The molecule has 0 saturated carbocycles. The highest BCUT2D eigenvalue weighted by molar-refractivity contribution is 9.10. The van der Waals surface area contributed by atoms with Gasteiger partial charge < -0.3 is 14.8 Å². The van der Waals surface area contributed by atoms with Gasteiger partial charge >= 0.3 is 6.09 Å². The minimum atomic E-state index is -0.496. The largest absolute Gasteiger partial charge is 0.496 e. The molecule has 1 atom stereocenters. The first-order valence-electron chi connectivity index (χ1n) is 6.06. The summed E-state index contributed by atoms with van der Waals surface area (Å²) in [6, 6.07) is 5.54. The van der Waals surface area contributed by atoms with Gasteiger partial charge in [-0.05, 0) is 61.3 Å². The Morgan fingerprint density at radius 3 is 2.47 bits per heavy atom. The molecule has 0 spiro atoms. The summed E-state index contributed by atoms with van der Waals surface area (Å²) < 4.78 is 11.2. The highest BCUT2D eigenvalue weighted by atomic mass is 79.9. The zero-order valence-corrected chi connectivity index (χ0v) is 13.5. The van der Waals surface area contributed by atoms with Crippen molar-refractivity contribution in [3.8, 4) is 5.75 Å². The third-order valence-electron chi connectivity index (χ3n) is 2.41. The molecule has 5 heteroatoms. The lowest BCUT2D eigenvalue weighted by Crippen LogP contribution is -2.34. The summed E-state index contributed by atoms with van der Waals surface area (Å²) in [5, 5.41) is 2.79. The van der Waals surface area contributed by atoms with E-state index in [0.717, 1.165) is 15.8 Å². The minimum Gasteiger partial charge on any atom is -0.496 e. The summed E-state index contributed by atoms with van der Waals surface area (Å²) >= 11 is 3.42. The molecule has 0 bridgehead atoms. The summed E-state index contributed by atoms with van der Waals surface area (Å²) in [4.78, 5) is 11.7. The zero-order chi connectivity index (χ0) is 14.6. The number of ether oxygens (including phenoxy) is 2. The van der Waals surface area contributed by atoms with Crippen LogP contribution in [0.5, 0.6) is 5.75 Å². The molecular weight excluding hydrogens is 310 g/mol. The van der Waals surface area contributed by atoms with E-state index < -0.39 is 11.7 Å². The summed E-state index contributed by atoms with van der Waals surface area (Å²) in [7, 11) is 1.61. The van der Waals surface area contributed by atoms with Gasteiger partial charge in [-0.1, -0.05) is 6.07 Å². The zero-order valence-electron chi connectivity index (χ0n) is 11.9. The van der Waals surface area contributed by atoms with Crippen molar-refractivity contribution in [2.24, 2.45) is 0 Å². The molecule has 0 radical (unpaired) electrons. The monoisotopic (exact) mass is 329 g/mol. The van der Waals surface area contributed by atoms with E-state index in [1.54, 1.807) is 7.11 Å². The van der Waals surface area contributed by atoms with E-state index in [1.807, 2.05) is 45.9 Å². The van der Waals surface area contributed by atoms with E-state index >= 15 is 0 Å². The number of alkyl carbamates (subject to hydrolysis) is 1. The molecule has 0 aliphatic carbocycles. The van der Waals surface area contributed by atoms with E-state index in [1.165, 1.54) is 0 Å². The average molecular weight is 330 g/mol. The molecule has 0 unspecified atom stereocenters. The molecule has 0 fully saturated rings. The fourth-order valence-electron chi connectivity index (χ4n) is 1.52. The van der Waals surface area contributed by atoms with Crippen molar-refractivity contribution >= 4 is 22.0 Å². The summed E-state index contributed by atoms with van der Waals surface area (Å²) in [5.41, 5.74) is 0.475. The quantitative estimate of drug-likeness (QED) is 0.910. The molecule has 106 valence electrons. The van der Waals surface area contributed by atoms with Gasteiger partial charge in [-0.15, -0.1) is 0 Å². The molecule has 1 amide bonds. The maximum Gasteiger partial charge on any atom is 0.408 e. The van der Waals surface area contributed by atoms with Gasteiger partial charge in [0.05, 0.1) is 17.6 Å². The molecule has 0 aliphatic heterocycles. The van der Waals surface area contributed by atoms with Crippen LogP contribution < -0.4 is 10.1 Å². The smallest absolute Gasteiger partial charge is 0.408 e. The Morgan fingerprint density at radius 2 is 2.00 bits per heavy atom. The van der Waals surface area contributed by atoms with Crippen LogP contribution in [-0.4, -0.2) is 18.8 Å². The normalized spacial score (nSPS) is 12.7. The molecule has 1 aromatic carbocycles. The Bertz CT molecular complexity index is 454. The highest BCUT2D eigenvalue weighted by Gasteiger charge is 2.18. The second kappa shape index (κ2) is 6.28. The van der Waals surface area contributed by atoms with Gasteiger partial charge in [0, 0.05) is 0 Å². The van der Waals surface area contributed by atoms with E-state index in [9.17, 15) is 4.79 Å². The van der Waals surface area contributed by atoms with E-state index in [4.69, 9.17) is 9.47 Å². The summed E-state index contributed by atoms with van der Waals surface area (Å²) in [6.45, 7) is 7.40. The minimum absolute atomic E-state index is 0.142. The Labute approximate surface area is 122 Å². The standard InChI is InChI=1S/C14H20BrNO3/c1-9(16-13(17)19-14(2,3)4)10-6-7-12(18-5)11(15)8-10/h6-9H,1-5H3,(H,16,17)/t9-/m0/s1. The first kappa shape index (κ1) is 15.8. The number of nitrogens with one attached hydrogen (secondary N) is 1. The predicted octanol–water partition coefficient (Wildman–Crippen LogP) is 4.04. The molecule has 1 N–H and O–H groups in total. The number of amides is 1. The average Bonchev–Trinajstić information content (AvgIpc) is 2.26. The van der Waals surface area contributed by atoms with Crippen LogP contribution in [0, 0.1) is 0 Å². The van der Waals surface area contributed by atoms with Crippen molar-refractivity contribution in [2.45, 2.75) is 39.3 Å². The van der Waals surface area contributed by atoms with Gasteiger partial charge in [0.1, 0.15) is 11.4 Å². The number of carbonyl (C=O) groups is 1. The van der Waals surface area contributed by atoms with Crippen LogP contribution in [0.4, 0.5) is 4.79 Å². The second-order valence-corrected chi connectivity index (χ2v) is 6.12. The number of carbonyl (C=O) groups excluding carboxylic acids is 1. The van der Waals surface area contributed by atoms with Crippen molar-refractivity contribution in [2.75, 3.05) is 7.11 Å². The maximum atomic E-state index is 11.7. The van der Waals surface area contributed by atoms with Crippen molar-refractivity contribution < 1.29 is 14.3 Å². The summed E-state index contributed by atoms with van der Waals surface area (Å²) in [5.74, 6) is 0.758. The van der Waals surface area contributed by atoms with Crippen molar-refractivity contribution in [1.29, 1.82) is 0 Å². The van der Waals surface area contributed by atoms with Crippen LogP contribution in [0.2, 0.25) is 0 Å². The number of benzene rings is 1. The van der Waals surface area contributed by atoms with Crippen LogP contribution in [-0.2, 0) is 4.74 Å². The van der Waals surface area contributed by atoms with Gasteiger partial charge in [0.2, 0.25) is 0 Å². The number of hydrogen-bond acceptors (Lipinski definition) is 3. The van der Waals surface area contributed by atoms with Crippen LogP contribution in [0.15, 0.2) is 22.7 Å². The fourth-order valence-corrected chi connectivity index (χ4v) is 2.08. The van der Waals surface area contributed by atoms with Crippen molar-refractivity contribution in [3.63, 3.8) is 0 Å². The molecule has 4 nitrogen and oxygen atoms in total. The first-order valence-corrected chi connectivity index (χ1v) is 6.85. The number of hydrogen-bond donors (Lipinski definition) is 1. The topological polar surface area (TPSA) is 47.6 Å². The highest BCUT2D eigenvalue weighted by Crippen LogP contribution is 2.28. The third-order valence-corrected chi connectivity index (χ3v) is 3.03. The van der Waals surface area contributed by atoms with Crippen LogP contribution >= 0.6 is 15.9 Å². The number of halogens is 1. The molecule has 0 aliphatic rings. The van der Waals surface area contributed by atoms with Gasteiger partial charge in [-0.25, -0.2) is 4.79 Å². The molecule has 0 saturated heterocycles. The molecule has 1 aromatic rings. The van der Waals surface area contributed by atoms with Crippen molar-refractivity contribution in [1.82, 2.24) is 5.32 Å². The van der Waals surface area contributed by atoms with E-state index in [-0.39, 0.29) is 6.04 Å². The first-order chi connectivity index (χ1) is 8.73. The molecule has 1 rings (SSSR count). The lowest BCUT2D eigenvalue weighted by atomic mass is 10.1. The lowest BCUT2D eigenvalue weighted by molar-refractivity contribution is 0.0508. The predicted molar refractivity (Wildman–Crippen MR) is 78.5 cm³/mol. The maximum absolute atomic E-state index is 11.7. The fraction of sp³-hybridized carbons (Fsp3) is 0.500. The molecule has 19 heavy (non-hydrogen) atoms. The van der Waals surface area contributed by atoms with Crippen LogP contribution in [0.3, 0.4) is 0 Å². The number of rotatable bonds is 3. The van der Waals surface area contributed by atoms with Crippen molar-refractivity contribution in [3.05, 3.63) is 28.2 Å². The van der Waals surface area contributed by atoms with Gasteiger partial charge in [0.15, 0.2) is 0 Å². The Hall–Kier alpha value is -1.23. The van der Waals surface area contributed by atoms with Gasteiger partial charge in [0.25, 0.3) is 0 Å².